The number of hydrogen-bond donors (Lipinski definition) is 1. The lowest BCUT2D eigenvalue weighted by Gasteiger charge is -2.10. The average Bonchev–Trinajstić information content (AvgIpc) is 3.16. The van der Waals surface area contributed by atoms with E-state index in [-0.39, 0.29) is 29.3 Å². The standard InChI is InChI=1S/C17H15Cl2N5O5S/c1-23-12(6-15(26)24(2)17(23)27)20-13(25)8-30-16-22-21-14(29-16)7-28-11-4-3-9(18)5-10(11)19/h3-6H,7-8H2,1-2H3,(H,20,25). The fourth-order valence-electron chi connectivity index (χ4n) is 2.25. The number of carbonyl (C=O) groups excluding carboxylic acids is 1. The van der Waals surface area contributed by atoms with Gasteiger partial charge in [0.15, 0.2) is 6.61 Å². The molecule has 0 atom stereocenters. The number of carbonyl (C=O) groups is 1. The molecule has 0 spiro atoms. The Balaban J connectivity index is 1.54. The number of benzene rings is 1. The van der Waals surface area contributed by atoms with Crippen LogP contribution in [-0.4, -0.2) is 31.0 Å². The van der Waals surface area contributed by atoms with E-state index in [0.717, 1.165) is 27.0 Å². The van der Waals surface area contributed by atoms with Crippen molar-refractivity contribution >= 4 is 46.7 Å². The third-order valence-electron chi connectivity index (χ3n) is 3.81. The van der Waals surface area contributed by atoms with Crippen molar-refractivity contribution in [1.82, 2.24) is 19.3 Å². The Morgan fingerprint density at radius 1 is 1.20 bits per heavy atom. The SMILES string of the molecule is Cn1c(NC(=O)CSc2nnc(COc3ccc(Cl)cc3Cl)o2)cc(=O)n(C)c1=O. The number of nitrogens with zero attached hydrogens (tertiary/aromatic N) is 4. The van der Waals surface area contributed by atoms with Gasteiger partial charge in [-0.25, -0.2) is 4.79 Å². The molecule has 3 rings (SSSR count). The van der Waals surface area contributed by atoms with Crippen molar-refractivity contribution < 1.29 is 13.9 Å². The quantitative estimate of drug-likeness (QED) is 0.519. The predicted octanol–water partition coefficient (Wildman–Crippen LogP) is 2.08. The molecule has 2 aromatic heterocycles. The highest BCUT2D eigenvalue weighted by Crippen LogP contribution is 2.28. The fraction of sp³-hybridized carbons (Fsp3) is 0.235. The Labute approximate surface area is 183 Å². The van der Waals surface area contributed by atoms with E-state index in [9.17, 15) is 14.4 Å². The van der Waals surface area contributed by atoms with Gasteiger partial charge in [-0.2, -0.15) is 0 Å². The first-order valence-corrected chi connectivity index (χ1v) is 10.1. The van der Waals surface area contributed by atoms with E-state index in [2.05, 4.69) is 15.5 Å². The summed E-state index contributed by atoms with van der Waals surface area (Å²) < 4.78 is 13.0. The van der Waals surface area contributed by atoms with E-state index >= 15 is 0 Å². The van der Waals surface area contributed by atoms with Crippen LogP contribution in [0.3, 0.4) is 0 Å². The van der Waals surface area contributed by atoms with Gasteiger partial charge >= 0.3 is 5.69 Å². The fourth-order valence-corrected chi connectivity index (χ4v) is 3.29. The number of hydrogen-bond acceptors (Lipinski definition) is 8. The van der Waals surface area contributed by atoms with Gasteiger partial charge in [-0.3, -0.25) is 18.7 Å². The maximum atomic E-state index is 12.1. The van der Waals surface area contributed by atoms with Crippen molar-refractivity contribution in [3.05, 3.63) is 61.0 Å². The molecule has 1 aromatic carbocycles. The maximum absolute atomic E-state index is 12.1. The van der Waals surface area contributed by atoms with Crippen molar-refractivity contribution in [2.45, 2.75) is 11.8 Å². The summed E-state index contributed by atoms with van der Waals surface area (Å²) in [7, 11) is 2.80. The molecule has 0 aliphatic heterocycles. The van der Waals surface area contributed by atoms with Gasteiger partial charge in [0, 0.05) is 25.2 Å². The molecule has 0 saturated carbocycles. The van der Waals surface area contributed by atoms with Crippen molar-refractivity contribution in [3.63, 3.8) is 0 Å². The van der Waals surface area contributed by atoms with Gasteiger partial charge in [0.05, 0.1) is 10.8 Å². The van der Waals surface area contributed by atoms with E-state index in [1.807, 2.05) is 0 Å². The largest absolute Gasteiger partial charge is 0.482 e. The summed E-state index contributed by atoms with van der Waals surface area (Å²) in [6.07, 6.45) is 0. The molecule has 0 aliphatic rings. The first-order valence-electron chi connectivity index (χ1n) is 8.34. The minimum atomic E-state index is -0.548. The summed E-state index contributed by atoms with van der Waals surface area (Å²) in [4.78, 5) is 35.7. The van der Waals surface area contributed by atoms with Crippen molar-refractivity contribution in [2.75, 3.05) is 11.1 Å². The van der Waals surface area contributed by atoms with Crippen LogP contribution in [0.15, 0.2) is 43.5 Å². The molecular weight excluding hydrogens is 457 g/mol. The number of amides is 1. The Morgan fingerprint density at radius 3 is 2.70 bits per heavy atom. The Kier molecular flexibility index (Phi) is 6.85. The molecule has 0 radical (unpaired) electrons. The highest BCUT2D eigenvalue weighted by atomic mass is 35.5. The lowest BCUT2D eigenvalue weighted by Crippen LogP contribution is -2.38. The highest BCUT2D eigenvalue weighted by molar-refractivity contribution is 7.99. The minimum Gasteiger partial charge on any atom is -0.482 e. The molecule has 0 saturated heterocycles. The van der Waals surface area contributed by atoms with Gasteiger partial charge < -0.3 is 14.5 Å². The molecule has 30 heavy (non-hydrogen) atoms. The van der Waals surface area contributed by atoms with Crippen LogP contribution in [0.25, 0.3) is 0 Å². The second-order valence-corrected chi connectivity index (χ2v) is 7.70. The number of aromatic nitrogens is 4. The van der Waals surface area contributed by atoms with E-state index in [4.69, 9.17) is 32.4 Å². The summed E-state index contributed by atoms with van der Waals surface area (Å²) in [5.41, 5.74) is -1.07. The molecule has 0 bridgehead atoms. The van der Waals surface area contributed by atoms with Crippen LogP contribution >= 0.6 is 35.0 Å². The average molecular weight is 472 g/mol. The van der Waals surface area contributed by atoms with Gasteiger partial charge in [-0.1, -0.05) is 35.0 Å². The number of ether oxygens (including phenoxy) is 1. The molecule has 0 aliphatic carbocycles. The highest BCUT2D eigenvalue weighted by Gasteiger charge is 2.13. The van der Waals surface area contributed by atoms with Gasteiger partial charge in [0.1, 0.15) is 11.6 Å². The molecule has 1 amide bonds. The van der Waals surface area contributed by atoms with Crippen molar-refractivity contribution in [1.29, 1.82) is 0 Å². The molecule has 1 N–H and O–H groups in total. The monoisotopic (exact) mass is 471 g/mol. The van der Waals surface area contributed by atoms with Crippen molar-refractivity contribution in [2.24, 2.45) is 14.1 Å². The van der Waals surface area contributed by atoms with Crippen molar-refractivity contribution in [3.8, 4) is 5.75 Å². The van der Waals surface area contributed by atoms with Gasteiger partial charge in [-0.05, 0) is 18.2 Å². The normalized spacial score (nSPS) is 10.8. The summed E-state index contributed by atoms with van der Waals surface area (Å²) in [6, 6.07) is 5.96. The zero-order valence-electron chi connectivity index (χ0n) is 15.7. The van der Waals surface area contributed by atoms with Gasteiger partial charge in [0.25, 0.3) is 16.7 Å². The second kappa shape index (κ2) is 9.37. The summed E-state index contributed by atoms with van der Waals surface area (Å²) in [5, 5.41) is 11.1. The number of rotatable bonds is 7. The first kappa shape index (κ1) is 21.9. The molecule has 0 unspecified atom stereocenters. The molecule has 13 heteroatoms. The van der Waals surface area contributed by atoms with Crippen LogP contribution in [0, 0.1) is 0 Å². The van der Waals surface area contributed by atoms with Crippen LogP contribution < -0.4 is 21.3 Å². The summed E-state index contributed by atoms with van der Waals surface area (Å²) in [5.74, 6) is 0.167. The van der Waals surface area contributed by atoms with Crippen LogP contribution in [0.5, 0.6) is 5.75 Å². The maximum Gasteiger partial charge on any atom is 0.332 e. The first-order chi connectivity index (χ1) is 14.2. The van der Waals surface area contributed by atoms with E-state index in [1.165, 1.54) is 14.1 Å². The summed E-state index contributed by atoms with van der Waals surface area (Å²) >= 11 is 12.8. The van der Waals surface area contributed by atoms with Crippen LogP contribution in [-0.2, 0) is 25.5 Å². The lowest BCUT2D eigenvalue weighted by molar-refractivity contribution is -0.113. The van der Waals surface area contributed by atoms with E-state index < -0.39 is 17.2 Å². The topological polar surface area (TPSA) is 121 Å². The number of nitrogens with one attached hydrogen (secondary N) is 1. The Morgan fingerprint density at radius 2 is 1.97 bits per heavy atom. The van der Waals surface area contributed by atoms with E-state index in [1.54, 1.807) is 18.2 Å². The Bertz CT molecular complexity index is 1210. The summed E-state index contributed by atoms with van der Waals surface area (Å²) in [6.45, 7) is -0.0173. The third kappa shape index (κ3) is 5.23. The number of anilines is 1. The molecule has 0 fully saturated rings. The molecule has 10 nitrogen and oxygen atoms in total. The minimum absolute atomic E-state index is 0.0173. The van der Waals surface area contributed by atoms with Crippen LogP contribution in [0.2, 0.25) is 10.0 Å². The zero-order valence-corrected chi connectivity index (χ0v) is 18.0. The zero-order chi connectivity index (χ0) is 21.8. The number of thioether (sulfide) groups is 1. The van der Waals surface area contributed by atoms with Gasteiger partial charge in [-0.15, -0.1) is 10.2 Å². The van der Waals surface area contributed by atoms with Crippen LogP contribution in [0.1, 0.15) is 5.89 Å². The molecule has 3 aromatic rings. The predicted molar refractivity (Wildman–Crippen MR) is 111 cm³/mol. The third-order valence-corrected chi connectivity index (χ3v) is 5.16. The molecule has 158 valence electrons. The van der Waals surface area contributed by atoms with Gasteiger partial charge in [0.2, 0.25) is 5.91 Å². The molecule has 2 heterocycles. The van der Waals surface area contributed by atoms with E-state index in [0.29, 0.717) is 15.8 Å². The Hall–Kier alpha value is -2.76. The van der Waals surface area contributed by atoms with Crippen LogP contribution in [0.4, 0.5) is 5.82 Å². The smallest absolute Gasteiger partial charge is 0.332 e. The second-order valence-electron chi connectivity index (χ2n) is 5.93. The number of halogens is 2. The lowest BCUT2D eigenvalue weighted by atomic mass is 10.3. The molecular formula is C17H15Cl2N5O5S.